The molecule has 0 saturated carbocycles. The molecule has 9 heteroatoms. The third-order valence-electron chi connectivity index (χ3n) is 4.49. The Labute approximate surface area is 170 Å². The lowest BCUT2D eigenvalue weighted by Crippen LogP contribution is -2.19. The first-order valence-corrected chi connectivity index (χ1v) is 10.8. The molecule has 1 aromatic carbocycles. The zero-order chi connectivity index (χ0) is 19.5. The van der Waals surface area contributed by atoms with Gasteiger partial charge in [-0.1, -0.05) is 30.0 Å². The minimum Gasteiger partial charge on any atom is -0.365 e. The first-order valence-electron chi connectivity index (χ1n) is 8.96. The molecule has 3 N–H and O–H groups in total. The van der Waals surface area contributed by atoms with Crippen LogP contribution in [0.1, 0.15) is 33.6 Å². The molecule has 7 nitrogen and oxygen atoms in total. The normalized spacial score (nSPS) is 13.1. The molecule has 2 aromatic heterocycles. The number of aromatic nitrogens is 3. The van der Waals surface area contributed by atoms with Crippen LogP contribution in [0.4, 0.5) is 5.00 Å². The molecule has 0 unspecified atom stereocenters. The van der Waals surface area contributed by atoms with Gasteiger partial charge in [0.25, 0.3) is 5.91 Å². The number of rotatable bonds is 6. The summed E-state index contributed by atoms with van der Waals surface area (Å²) in [7, 11) is 0. The first kappa shape index (κ1) is 18.7. The zero-order valence-electron chi connectivity index (χ0n) is 15.1. The van der Waals surface area contributed by atoms with E-state index in [9.17, 15) is 9.59 Å². The monoisotopic (exact) mass is 413 g/mol. The molecule has 4 rings (SSSR count). The summed E-state index contributed by atoms with van der Waals surface area (Å²) < 4.78 is 1.67. The Morgan fingerprint density at radius 3 is 2.79 bits per heavy atom. The molecule has 1 aliphatic rings. The van der Waals surface area contributed by atoms with Crippen molar-refractivity contribution in [2.75, 3.05) is 11.1 Å². The smallest absolute Gasteiger partial charge is 0.251 e. The third-order valence-corrected chi connectivity index (χ3v) is 6.55. The largest absolute Gasteiger partial charge is 0.365 e. The predicted molar refractivity (Wildman–Crippen MR) is 110 cm³/mol. The highest BCUT2D eigenvalue weighted by Crippen LogP contribution is 2.38. The summed E-state index contributed by atoms with van der Waals surface area (Å²) >= 11 is 2.71. The number of nitrogens with zero attached hydrogens (tertiary/aromatic N) is 3. The fourth-order valence-electron chi connectivity index (χ4n) is 3.23. The summed E-state index contributed by atoms with van der Waals surface area (Å²) in [5.41, 5.74) is 7.96. The summed E-state index contributed by atoms with van der Waals surface area (Å²) in [5.74, 6) is -0.535. The van der Waals surface area contributed by atoms with Gasteiger partial charge >= 0.3 is 0 Å². The van der Waals surface area contributed by atoms with Crippen molar-refractivity contribution in [1.82, 2.24) is 14.8 Å². The van der Waals surface area contributed by atoms with E-state index < -0.39 is 5.91 Å². The van der Waals surface area contributed by atoms with Crippen LogP contribution in [0.2, 0.25) is 0 Å². The molecule has 1 aliphatic carbocycles. The molecule has 0 radical (unpaired) electrons. The summed E-state index contributed by atoms with van der Waals surface area (Å²) in [4.78, 5) is 29.7. The van der Waals surface area contributed by atoms with Crippen LogP contribution >= 0.6 is 23.1 Å². The highest BCUT2D eigenvalue weighted by Gasteiger charge is 2.25. The van der Waals surface area contributed by atoms with Crippen LogP contribution in [0.15, 0.2) is 41.8 Å². The van der Waals surface area contributed by atoms with Gasteiger partial charge in [0.15, 0.2) is 0 Å². The van der Waals surface area contributed by atoms with Crippen molar-refractivity contribution in [3.8, 4) is 5.69 Å². The Kier molecular flexibility index (Phi) is 5.45. The van der Waals surface area contributed by atoms with Crippen molar-refractivity contribution >= 4 is 39.9 Å². The number of primary amides is 1. The fraction of sp³-hybridized carbons (Fsp3) is 0.263. The van der Waals surface area contributed by atoms with Gasteiger partial charge < -0.3 is 11.1 Å². The maximum Gasteiger partial charge on any atom is 0.251 e. The predicted octanol–water partition coefficient (Wildman–Crippen LogP) is 3.04. The number of hydrogen-bond acceptors (Lipinski definition) is 6. The number of aryl methyl sites for hydroxylation is 1. The van der Waals surface area contributed by atoms with E-state index in [2.05, 4.69) is 15.4 Å². The second-order valence-corrected chi connectivity index (χ2v) is 8.47. The molecule has 144 valence electrons. The number of benzene rings is 1. The lowest BCUT2D eigenvalue weighted by molar-refractivity contribution is -0.113. The van der Waals surface area contributed by atoms with Crippen molar-refractivity contribution in [2.24, 2.45) is 5.73 Å². The second kappa shape index (κ2) is 8.15. The Hall–Kier alpha value is -2.65. The lowest BCUT2D eigenvalue weighted by atomic mass is 9.95. The molecule has 2 amide bonds. The van der Waals surface area contributed by atoms with Crippen molar-refractivity contribution in [3.05, 3.63) is 52.7 Å². The molecule has 0 fully saturated rings. The summed E-state index contributed by atoms with van der Waals surface area (Å²) in [6.07, 6.45) is 5.54. The van der Waals surface area contributed by atoms with E-state index in [4.69, 9.17) is 5.73 Å². The topological polar surface area (TPSA) is 103 Å². The minimum absolute atomic E-state index is 0.152. The number of thioether (sulfide) groups is 1. The number of carbonyl (C=O) groups excluding carboxylic acids is 2. The lowest BCUT2D eigenvalue weighted by Gasteiger charge is -2.11. The molecule has 0 bridgehead atoms. The number of amides is 2. The number of anilines is 1. The highest BCUT2D eigenvalue weighted by atomic mass is 32.2. The molecule has 2 heterocycles. The third kappa shape index (κ3) is 3.95. The van der Waals surface area contributed by atoms with Gasteiger partial charge in [0.2, 0.25) is 11.1 Å². The summed E-state index contributed by atoms with van der Waals surface area (Å²) in [5, 5.41) is 8.30. The van der Waals surface area contributed by atoms with Gasteiger partial charge in [0.1, 0.15) is 11.3 Å². The van der Waals surface area contributed by atoms with Gasteiger partial charge in [0, 0.05) is 4.88 Å². The minimum atomic E-state index is -0.481. The SMILES string of the molecule is NC(=O)c1c(NC(=O)CSc2ncn(-c3ccccc3)n2)sc2c1CCCC2. The Balaban J connectivity index is 1.41. The van der Waals surface area contributed by atoms with Gasteiger partial charge in [-0.25, -0.2) is 9.67 Å². The van der Waals surface area contributed by atoms with E-state index >= 15 is 0 Å². The second-order valence-electron chi connectivity index (χ2n) is 6.42. The van der Waals surface area contributed by atoms with Gasteiger partial charge in [-0.15, -0.1) is 16.4 Å². The maximum atomic E-state index is 12.4. The van der Waals surface area contributed by atoms with Crippen LogP contribution in [0.3, 0.4) is 0 Å². The van der Waals surface area contributed by atoms with Crippen LogP contribution < -0.4 is 11.1 Å². The van der Waals surface area contributed by atoms with Crippen molar-refractivity contribution < 1.29 is 9.59 Å². The van der Waals surface area contributed by atoms with E-state index in [1.165, 1.54) is 23.1 Å². The van der Waals surface area contributed by atoms with E-state index in [-0.39, 0.29) is 11.7 Å². The van der Waals surface area contributed by atoms with Crippen LogP contribution in [-0.4, -0.2) is 32.3 Å². The fourth-order valence-corrected chi connectivity index (χ4v) is 5.14. The standard InChI is InChI=1S/C19H19N5O2S2/c20-17(26)16-13-8-4-5-9-14(13)28-18(16)22-15(25)10-27-19-21-11-24(23-19)12-6-2-1-3-7-12/h1-3,6-7,11H,4-5,8-10H2,(H2,20,26)(H,22,25). The quantitative estimate of drug-likeness (QED) is 0.605. The molecular formula is C19H19N5O2S2. The average molecular weight is 414 g/mol. The molecular weight excluding hydrogens is 394 g/mol. The van der Waals surface area contributed by atoms with Gasteiger partial charge in [0.05, 0.1) is 17.0 Å². The highest BCUT2D eigenvalue weighted by molar-refractivity contribution is 7.99. The molecule has 0 aliphatic heterocycles. The number of hydrogen-bond donors (Lipinski definition) is 2. The average Bonchev–Trinajstić information content (AvgIpc) is 3.31. The summed E-state index contributed by atoms with van der Waals surface area (Å²) in [6.45, 7) is 0. The molecule has 0 saturated heterocycles. The van der Waals surface area contributed by atoms with Crippen LogP contribution in [0.25, 0.3) is 5.69 Å². The molecule has 0 atom stereocenters. The zero-order valence-corrected chi connectivity index (χ0v) is 16.7. The maximum absolute atomic E-state index is 12.4. The van der Waals surface area contributed by atoms with Crippen LogP contribution in [0, 0.1) is 0 Å². The Morgan fingerprint density at radius 1 is 1.21 bits per heavy atom. The number of para-hydroxylation sites is 1. The van der Waals surface area contributed by atoms with E-state index in [0.29, 0.717) is 15.7 Å². The van der Waals surface area contributed by atoms with E-state index in [0.717, 1.165) is 41.8 Å². The molecule has 0 spiro atoms. The Morgan fingerprint density at radius 2 is 2.00 bits per heavy atom. The first-order chi connectivity index (χ1) is 13.6. The number of nitrogens with one attached hydrogen (secondary N) is 1. The molecule has 3 aromatic rings. The van der Waals surface area contributed by atoms with Gasteiger partial charge in [-0.2, -0.15) is 0 Å². The number of thiophene rings is 1. The van der Waals surface area contributed by atoms with E-state index in [1.54, 1.807) is 11.0 Å². The van der Waals surface area contributed by atoms with Crippen molar-refractivity contribution in [2.45, 2.75) is 30.8 Å². The number of carbonyl (C=O) groups is 2. The van der Waals surface area contributed by atoms with Crippen LogP contribution in [0.5, 0.6) is 0 Å². The molecule has 28 heavy (non-hydrogen) atoms. The summed E-state index contributed by atoms with van der Waals surface area (Å²) in [6, 6.07) is 9.64. The van der Waals surface area contributed by atoms with E-state index in [1.807, 2.05) is 30.3 Å². The van der Waals surface area contributed by atoms with Crippen molar-refractivity contribution in [1.29, 1.82) is 0 Å². The Bertz CT molecular complexity index is 1010. The van der Waals surface area contributed by atoms with Gasteiger partial charge in [-0.3, -0.25) is 9.59 Å². The number of fused-ring (bicyclic) bond motifs is 1. The number of nitrogens with two attached hydrogens (primary N) is 1. The van der Waals surface area contributed by atoms with Crippen LogP contribution in [-0.2, 0) is 17.6 Å². The van der Waals surface area contributed by atoms with Gasteiger partial charge in [-0.05, 0) is 43.4 Å². The van der Waals surface area contributed by atoms with Crippen molar-refractivity contribution in [3.63, 3.8) is 0 Å².